The third-order valence-electron chi connectivity index (χ3n) is 5.93. The molecule has 0 spiro atoms. The van der Waals surface area contributed by atoms with Crippen molar-refractivity contribution in [3.63, 3.8) is 0 Å². The Balaban J connectivity index is 2.14. The minimum absolute atomic E-state index is 0.325. The predicted molar refractivity (Wildman–Crippen MR) is 112 cm³/mol. The maximum Gasteiger partial charge on any atom is 0.169 e. The molecule has 1 saturated heterocycles. The zero-order valence-electron chi connectivity index (χ0n) is 17.3. The third-order valence-corrected chi connectivity index (χ3v) is 5.93. The van der Waals surface area contributed by atoms with Gasteiger partial charge >= 0.3 is 0 Å². The fourth-order valence-corrected chi connectivity index (χ4v) is 4.35. The summed E-state index contributed by atoms with van der Waals surface area (Å²) in [5.74, 6) is 0.0565. The highest BCUT2D eigenvalue weighted by Crippen LogP contribution is 2.50. The number of nitrogens with zero attached hydrogens (tertiary/aromatic N) is 2. The fraction of sp³-hybridized carbons (Fsp3) is 0.545. The number of allylic oxidation sites excluding steroid dienone is 2. The van der Waals surface area contributed by atoms with Crippen LogP contribution in [0.3, 0.4) is 0 Å². The molecule has 2 aliphatic heterocycles. The van der Waals surface area contributed by atoms with Crippen LogP contribution in [0.15, 0.2) is 24.4 Å². The first-order chi connectivity index (χ1) is 13.3. The first-order valence-electron chi connectivity index (χ1n) is 9.93. The number of hydrogen-bond acceptors (Lipinski definition) is 4. The molecule has 28 heavy (non-hydrogen) atoms. The van der Waals surface area contributed by atoms with Gasteiger partial charge in [-0.1, -0.05) is 19.9 Å². The minimum Gasteiger partial charge on any atom is -0.492 e. The Morgan fingerprint density at radius 3 is 2.71 bits per heavy atom. The van der Waals surface area contributed by atoms with Crippen molar-refractivity contribution in [1.29, 1.82) is 0 Å². The molecule has 4 nitrogen and oxygen atoms in total. The molecular formula is C22H31F2N3O. The molecule has 0 saturated carbocycles. The van der Waals surface area contributed by atoms with E-state index in [-0.39, 0.29) is 11.4 Å². The van der Waals surface area contributed by atoms with Gasteiger partial charge in [-0.2, -0.15) is 0 Å². The van der Waals surface area contributed by atoms with E-state index in [1.165, 1.54) is 13.2 Å². The van der Waals surface area contributed by atoms with E-state index in [9.17, 15) is 4.39 Å². The Morgan fingerprint density at radius 1 is 1.39 bits per heavy atom. The van der Waals surface area contributed by atoms with Gasteiger partial charge in [0.05, 0.1) is 18.8 Å². The van der Waals surface area contributed by atoms with Crippen LogP contribution in [0.4, 0.5) is 20.2 Å². The van der Waals surface area contributed by atoms with Crippen LogP contribution >= 0.6 is 0 Å². The van der Waals surface area contributed by atoms with Crippen molar-refractivity contribution in [2.45, 2.75) is 51.6 Å². The van der Waals surface area contributed by atoms with Crippen molar-refractivity contribution in [1.82, 2.24) is 0 Å². The maximum atomic E-state index is 15.3. The monoisotopic (exact) mass is 391 g/mol. The summed E-state index contributed by atoms with van der Waals surface area (Å²) in [7, 11) is 1.53. The molecule has 1 aromatic carbocycles. The summed E-state index contributed by atoms with van der Waals surface area (Å²) >= 11 is 0. The first-order valence-corrected chi connectivity index (χ1v) is 9.93. The summed E-state index contributed by atoms with van der Waals surface area (Å²) in [6.07, 6.45) is 4.55. The van der Waals surface area contributed by atoms with E-state index in [0.717, 1.165) is 30.4 Å². The second-order valence-electron chi connectivity index (χ2n) is 8.12. The van der Waals surface area contributed by atoms with Gasteiger partial charge in [-0.15, -0.1) is 0 Å². The summed E-state index contributed by atoms with van der Waals surface area (Å²) in [6.45, 7) is 10.6. The molecule has 2 aliphatic rings. The SMILES string of the molecule is C=C1C(C)=CN(C(C)CF)c2c1cc(F)c(N1CCC(N)(CCC)C1)c2OC. The largest absolute Gasteiger partial charge is 0.492 e. The lowest BCUT2D eigenvalue weighted by Gasteiger charge is -2.36. The molecule has 2 heterocycles. The van der Waals surface area contributed by atoms with Gasteiger partial charge in [0.15, 0.2) is 11.6 Å². The first kappa shape index (κ1) is 20.6. The van der Waals surface area contributed by atoms with Crippen molar-refractivity contribution in [3.05, 3.63) is 35.8 Å². The fourth-order valence-electron chi connectivity index (χ4n) is 4.35. The number of ether oxygens (including phenoxy) is 1. The van der Waals surface area contributed by atoms with Crippen molar-refractivity contribution < 1.29 is 13.5 Å². The summed E-state index contributed by atoms with van der Waals surface area (Å²) in [5, 5.41) is 0. The Hall–Kier alpha value is -2.08. The molecule has 1 aromatic rings. The number of hydrogen-bond donors (Lipinski definition) is 1. The van der Waals surface area contributed by atoms with E-state index >= 15 is 4.39 Å². The lowest BCUT2D eigenvalue weighted by molar-refractivity contribution is 0.403. The Bertz CT molecular complexity index is 807. The Morgan fingerprint density at radius 2 is 2.11 bits per heavy atom. The highest BCUT2D eigenvalue weighted by atomic mass is 19.1. The van der Waals surface area contributed by atoms with Gasteiger partial charge in [-0.3, -0.25) is 0 Å². The summed E-state index contributed by atoms with van der Waals surface area (Å²) < 4.78 is 34.6. The number of benzene rings is 1. The molecule has 2 unspecified atom stereocenters. The van der Waals surface area contributed by atoms with Crippen molar-refractivity contribution in [2.24, 2.45) is 5.73 Å². The number of rotatable bonds is 6. The minimum atomic E-state index is -0.530. The van der Waals surface area contributed by atoms with Gasteiger partial charge < -0.3 is 20.3 Å². The van der Waals surface area contributed by atoms with Crippen LogP contribution in [0.25, 0.3) is 5.57 Å². The van der Waals surface area contributed by atoms with Gasteiger partial charge in [0.2, 0.25) is 0 Å². The molecule has 6 heteroatoms. The average molecular weight is 392 g/mol. The number of anilines is 2. The van der Waals surface area contributed by atoms with Crippen molar-refractivity contribution in [3.8, 4) is 5.75 Å². The second-order valence-corrected chi connectivity index (χ2v) is 8.12. The maximum absolute atomic E-state index is 15.3. The summed E-state index contributed by atoms with van der Waals surface area (Å²) in [6, 6.07) is 1.10. The van der Waals surface area contributed by atoms with Crippen LogP contribution < -0.4 is 20.3 Å². The van der Waals surface area contributed by atoms with Crippen LogP contribution in [0, 0.1) is 5.82 Å². The third kappa shape index (κ3) is 3.39. The van der Waals surface area contributed by atoms with Gasteiger partial charge in [0.1, 0.15) is 12.4 Å². The molecule has 0 amide bonds. The van der Waals surface area contributed by atoms with Gasteiger partial charge in [0, 0.05) is 30.4 Å². The van der Waals surface area contributed by atoms with Gasteiger partial charge in [-0.25, -0.2) is 8.78 Å². The molecule has 2 atom stereocenters. The number of fused-ring (bicyclic) bond motifs is 1. The highest BCUT2D eigenvalue weighted by molar-refractivity contribution is 5.94. The number of alkyl halides is 1. The van der Waals surface area contributed by atoms with E-state index in [0.29, 0.717) is 35.8 Å². The molecule has 0 radical (unpaired) electrons. The quantitative estimate of drug-likeness (QED) is 0.767. The van der Waals surface area contributed by atoms with Gasteiger partial charge in [0.25, 0.3) is 0 Å². The zero-order valence-corrected chi connectivity index (χ0v) is 17.3. The standard InChI is InChI=1S/C22H31F2N3O/c1-6-7-22(25)8-9-26(13-22)20-18(24)10-17-16(4)14(2)12-27(15(3)11-23)19(17)21(20)28-5/h10,12,15H,4,6-9,11,13,25H2,1-3,5H3. The van der Waals surface area contributed by atoms with Crippen LogP contribution in [0.2, 0.25) is 0 Å². The second kappa shape index (κ2) is 7.74. The number of halogens is 2. The van der Waals surface area contributed by atoms with Crippen molar-refractivity contribution >= 4 is 16.9 Å². The molecular weight excluding hydrogens is 360 g/mol. The molecule has 0 aromatic heterocycles. The molecule has 1 fully saturated rings. The number of nitrogens with two attached hydrogens (primary N) is 1. The smallest absolute Gasteiger partial charge is 0.169 e. The van der Waals surface area contributed by atoms with Crippen LogP contribution in [0.1, 0.15) is 45.6 Å². The van der Waals surface area contributed by atoms with E-state index in [1.807, 2.05) is 22.9 Å². The number of methoxy groups -OCH3 is 1. The van der Waals surface area contributed by atoms with Crippen LogP contribution in [-0.2, 0) is 0 Å². The van der Waals surface area contributed by atoms with Gasteiger partial charge in [-0.05, 0) is 43.9 Å². The topological polar surface area (TPSA) is 41.7 Å². The van der Waals surface area contributed by atoms with E-state index < -0.39 is 12.7 Å². The molecule has 0 bridgehead atoms. The summed E-state index contributed by atoms with van der Waals surface area (Å²) in [4.78, 5) is 3.80. The van der Waals surface area contributed by atoms with E-state index in [2.05, 4.69) is 13.5 Å². The summed E-state index contributed by atoms with van der Waals surface area (Å²) in [5.41, 5.74) is 9.52. The lowest BCUT2D eigenvalue weighted by atomic mass is 9.93. The zero-order chi connectivity index (χ0) is 20.6. The van der Waals surface area contributed by atoms with Crippen molar-refractivity contribution in [2.75, 3.05) is 36.7 Å². The van der Waals surface area contributed by atoms with Crippen LogP contribution in [0.5, 0.6) is 5.75 Å². The van der Waals surface area contributed by atoms with Crippen LogP contribution in [-0.4, -0.2) is 38.5 Å². The normalized spacial score (nSPS) is 23.0. The average Bonchev–Trinajstić information content (AvgIpc) is 3.04. The lowest BCUT2D eigenvalue weighted by Crippen LogP contribution is -2.42. The molecule has 2 N–H and O–H groups in total. The van der Waals surface area contributed by atoms with E-state index in [4.69, 9.17) is 10.5 Å². The highest BCUT2D eigenvalue weighted by Gasteiger charge is 2.38. The Labute approximate surface area is 166 Å². The molecule has 0 aliphatic carbocycles. The predicted octanol–water partition coefficient (Wildman–Crippen LogP) is 4.64. The molecule has 3 rings (SSSR count). The Kier molecular flexibility index (Phi) is 5.71. The van der Waals surface area contributed by atoms with E-state index in [1.54, 1.807) is 6.92 Å². The molecule has 154 valence electrons.